The molecule has 2 N–H and O–H groups in total. The van der Waals surface area contributed by atoms with E-state index in [2.05, 4.69) is 10.3 Å². The van der Waals surface area contributed by atoms with Crippen molar-refractivity contribution in [2.45, 2.75) is 32.8 Å². The molecule has 6 heteroatoms. The minimum absolute atomic E-state index is 0.214. The van der Waals surface area contributed by atoms with Gasteiger partial charge in [-0.1, -0.05) is 0 Å². The molecule has 0 radical (unpaired) electrons. The Labute approximate surface area is 128 Å². The summed E-state index contributed by atoms with van der Waals surface area (Å²) in [5, 5.41) is 3.39. The number of hydrogen-bond donors (Lipinski definition) is 2. The summed E-state index contributed by atoms with van der Waals surface area (Å²) < 4.78 is 24.1. The standard InChI is InChI=1S/C16H21FN2O3/c1-16(2,3)22-15(20)18-8-7-10-9-19-12-6-5-11(17)14(21-4)13(10)12/h5-6,9,19H,7-8H2,1-4H3,(H,18,20). The summed E-state index contributed by atoms with van der Waals surface area (Å²) in [5.41, 5.74) is 1.14. The van der Waals surface area contributed by atoms with Gasteiger partial charge in [0, 0.05) is 23.6 Å². The smallest absolute Gasteiger partial charge is 0.407 e. The molecule has 0 saturated carbocycles. The Balaban J connectivity index is 2.06. The van der Waals surface area contributed by atoms with E-state index in [9.17, 15) is 9.18 Å². The summed E-state index contributed by atoms with van der Waals surface area (Å²) in [7, 11) is 1.44. The molecule has 2 rings (SSSR count). The highest BCUT2D eigenvalue weighted by atomic mass is 19.1. The van der Waals surface area contributed by atoms with Gasteiger partial charge in [-0.05, 0) is 44.9 Å². The van der Waals surface area contributed by atoms with Crippen LogP contribution >= 0.6 is 0 Å². The SMILES string of the molecule is COc1c(F)ccc2[nH]cc(CCNC(=O)OC(C)(C)C)c12. The maximum Gasteiger partial charge on any atom is 0.407 e. The first-order valence-corrected chi connectivity index (χ1v) is 7.11. The second-order valence-corrected chi connectivity index (χ2v) is 6.00. The molecule has 2 aromatic rings. The normalized spacial score (nSPS) is 11.5. The third-order valence-corrected chi connectivity index (χ3v) is 3.10. The first-order chi connectivity index (χ1) is 10.3. The largest absolute Gasteiger partial charge is 0.493 e. The van der Waals surface area contributed by atoms with Crippen LogP contribution in [0.1, 0.15) is 26.3 Å². The van der Waals surface area contributed by atoms with E-state index in [4.69, 9.17) is 9.47 Å². The minimum atomic E-state index is -0.531. The number of aromatic nitrogens is 1. The van der Waals surface area contributed by atoms with Gasteiger partial charge in [-0.2, -0.15) is 0 Å². The zero-order chi connectivity index (χ0) is 16.3. The van der Waals surface area contributed by atoms with Gasteiger partial charge < -0.3 is 19.8 Å². The molecule has 0 spiro atoms. The number of carbonyl (C=O) groups is 1. The van der Waals surface area contributed by atoms with Crippen LogP contribution in [0.3, 0.4) is 0 Å². The first kappa shape index (κ1) is 16.1. The van der Waals surface area contributed by atoms with E-state index in [1.807, 2.05) is 0 Å². The van der Waals surface area contributed by atoms with Crippen molar-refractivity contribution >= 4 is 17.0 Å². The number of benzene rings is 1. The van der Waals surface area contributed by atoms with Crippen molar-refractivity contribution in [3.63, 3.8) is 0 Å². The summed E-state index contributed by atoms with van der Waals surface area (Å²) in [4.78, 5) is 14.7. The molecule has 0 aliphatic heterocycles. The number of alkyl carbamates (subject to hydrolysis) is 1. The number of halogens is 1. The lowest BCUT2D eigenvalue weighted by Gasteiger charge is -2.19. The molecule has 0 aliphatic carbocycles. The first-order valence-electron chi connectivity index (χ1n) is 7.11. The third-order valence-electron chi connectivity index (χ3n) is 3.10. The van der Waals surface area contributed by atoms with E-state index in [-0.39, 0.29) is 5.75 Å². The van der Waals surface area contributed by atoms with Crippen LogP contribution in [-0.2, 0) is 11.2 Å². The Hall–Kier alpha value is -2.24. The highest BCUT2D eigenvalue weighted by molar-refractivity contribution is 5.89. The fourth-order valence-corrected chi connectivity index (χ4v) is 2.24. The Morgan fingerprint density at radius 1 is 1.36 bits per heavy atom. The van der Waals surface area contributed by atoms with Gasteiger partial charge in [0.2, 0.25) is 0 Å². The molecule has 1 amide bonds. The van der Waals surface area contributed by atoms with Crippen molar-refractivity contribution in [2.75, 3.05) is 13.7 Å². The number of amides is 1. The van der Waals surface area contributed by atoms with Crippen LogP contribution in [0.2, 0.25) is 0 Å². The van der Waals surface area contributed by atoms with Crippen molar-refractivity contribution in [1.29, 1.82) is 0 Å². The molecular formula is C16H21FN2O3. The number of hydrogen-bond acceptors (Lipinski definition) is 3. The molecular weight excluding hydrogens is 287 g/mol. The molecule has 0 bridgehead atoms. The van der Waals surface area contributed by atoms with Crippen LogP contribution in [0.4, 0.5) is 9.18 Å². The second kappa shape index (κ2) is 6.25. The fourth-order valence-electron chi connectivity index (χ4n) is 2.24. The van der Waals surface area contributed by atoms with Gasteiger partial charge in [0.15, 0.2) is 11.6 Å². The summed E-state index contributed by atoms with van der Waals surface area (Å²) in [5.74, 6) is -0.193. The average Bonchev–Trinajstić information content (AvgIpc) is 2.80. The summed E-state index contributed by atoms with van der Waals surface area (Å²) >= 11 is 0. The van der Waals surface area contributed by atoms with Crippen LogP contribution in [0.5, 0.6) is 5.75 Å². The molecule has 0 saturated heterocycles. The topological polar surface area (TPSA) is 63.3 Å². The third kappa shape index (κ3) is 3.69. The Morgan fingerprint density at radius 3 is 2.73 bits per heavy atom. The van der Waals surface area contributed by atoms with Crippen molar-refractivity contribution in [3.05, 3.63) is 29.7 Å². The summed E-state index contributed by atoms with van der Waals surface area (Å²) in [6, 6.07) is 3.03. The van der Waals surface area contributed by atoms with Gasteiger partial charge in [-0.15, -0.1) is 0 Å². The number of H-pyrrole nitrogens is 1. The molecule has 1 heterocycles. The summed E-state index contributed by atoms with van der Waals surface area (Å²) in [6.07, 6.45) is 1.87. The molecule has 1 aromatic carbocycles. The molecule has 5 nitrogen and oxygen atoms in total. The van der Waals surface area contributed by atoms with Gasteiger partial charge in [0.1, 0.15) is 5.60 Å². The number of carbonyl (C=O) groups excluding carboxylic acids is 1. The zero-order valence-electron chi connectivity index (χ0n) is 13.2. The predicted octanol–water partition coefficient (Wildman–Crippen LogP) is 3.38. The zero-order valence-corrected chi connectivity index (χ0v) is 13.2. The molecule has 120 valence electrons. The molecule has 1 aromatic heterocycles. The maximum atomic E-state index is 13.8. The predicted molar refractivity (Wildman–Crippen MR) is 82.7 cm³/mol. The van der Waals surface area contributed by atoms with Crippen LogP contribution in [0.25, 0.3) is 10.9 Å². The number of nitrogens with one attached hydrogen (secondary N) is 2. The molecule has 0 atom stereocenters. The Bertz CT molecular complexity index is 674. The van der Waals surface area contributed by atoms with Gasteiger partial charge in [-0.3, -0.25) is 0 Å². The Kier molecular flexibility index (Phi) is 4.59. The van der Waals surface area contributed by atoms with E-state index < -0.39 is 17.5 Å². The Morgan fingerprint density at radius 2 is 2.09 bits per heavy atom. The molecule has 0 fully saturated rings. The number of aromatic amines is 1. The van der Waals surface area contributed by atoms with Gasteiger partial charge in [0.25, 0.3) is 0 Å². The molecule has 22 heavy (non-hydrogen) atoms. The number of ether oxygens (including phenoxy) is 2. The van der Waals surface area contributed by atoms with E-state index in [0.717, 1.165) is 11.1 Å². The van der Waals surface area contributed by atoms with Crippen molar-refractivity contribution in [3.8, 4) is 5.75 Å². The molecule has 0 unspecified atom stereocenters. The van der Waals surface area contributed by atoms with E-state index >= 15 is 0 Å². The maximum absolute atomic E-state index is 13.8. The van der Waals surface area contributed by atoms with E-state index in [0.29, 0.717) is 18.4 Å². The van der Waals surface area contributed by atoms with Crippen molar-refractivity contribution in [1.82, 2.24) is 10.3 Å². The lowest BCUT2D eigenvalue weighted by atomic mass is 10.1. The minimum Gasteiger partial charge on any atom is -0.493 e. The highest BCUT2D eigenvalue weighted by Crippen LogP contribution is 2.31. The van der Waals surface area contributed by atoms with Crippen LogP contribution in [0.15, 0.2) is 18.3 Å². The van der Waals surface area contributed by atoms with Crippen molar-refractivity contribution in [2.24, 2.45) is 0 Å². The lowest BCUT2D eigenvalue weighted by molar-refractivity contribution is 0.0528. The highest BCUT2D eigenvalue weighted by Gasteiger charge is 2.17. The fraction of sp³-hybridized carbons (Fsp3) is 0.438. The van der Waals surface area contributed by atoms with E-state index in [1.54, 1.807) is 33.0 Å². The second-order valence-electron chi connectivity index (χ2n) is 6.00. The van der Waals surface area contributed by atoms with Crippen molar-refractivity contribution < 1.29 is 18.7 Å². The summed E-state index contributed by atoms with van der Waals surface area (Å²) in [6.45, 7) is 5.81. The number of fused-ring (bicyclic) bond motifs is 1. The van der Waals surface area contributed by atoms with Crippen LogP contribution < -0.4 is 10.1 Å². The van der Waals surface area contributed by atoms with Gasteiger partial charge in [0.05, 0.1) is 7.11 Å². The van der Waals surface area contributed by atoms with Gasteiger partial charge in [-0.25, -0.2) is 9.18 Å². The number of methoxy groups -OCH3 is 1. The van der Waals surface area contributed by atoms with Crippen LogP contribution in [0, 0.1) is 5.82 Å². The quantitative estimate of drug-likeness (QED) is 0.910. The molecule has 0 aliphatic rings. The van der Waals surface area contributed by atoms with Gasteiger partial charge >= 0.3 is 6.09 Å². The average molecular weight is 308 g/mol. The number of rotatable bonds is 4. The monoisotopic (exact) mass is 308 g/mol. The lowest BCUT2D eigenvalue weighted by Crippen LogP contribution is -2.33. The van der Waals surface area contributed by atoms with E-state index in [1.165, 1.54) is 13.2 Å². The van der Waals surface area contributed by atoms with Crippen LogP contribution in [-0.4, -0.2) is 30.3 Å².